The average molecular weight is 250 g/mol. The molecule has 0 aliphatic heterocycles. The van der Waals surface area contributed by atoms with Gasteiger partial charge in [-0.2, -0.15) is 0 Å². The Bertz CT molecular complexity index is 393. The highest BCUT2D eigenvalue weighted by molar-refractivity contribution is 6.44. The third-order valence-electron chi connectivity index (χ3n) is 1.59. The van der Waals surface area contributed by atoms with Gasteiger partial charge in [0.15, 0.2) is 0 Å². The molecule has 0 fully saturated rings. The number of hydrogen-bond donors (Lipinski definition) is 0. The molecule has 0 aromatic heterocycles. The lowest BCUT2D eigenvalue weighted by molar-refractivity contribution is -0.384. The van der Waals surface area contributed by atoms with Gasteiger partial charge in [-0.1, -0.05) is 23.2 Å². The van der Waals surface area contributed by atoms with Crippen molar-refractivity contribution in [2.24, 2.45) is 0 Å². The number of ether oxygens (including phenoxy) is 1. The number of nitrogens with zero attached hydrogens (tertiary/aromatic N) is 1. The van der Waals surface area contributed by atoms with Crippen molar-refractivity contribution in [2.75, 3.05) is 0 Å². The summed E-state index contributed by atoms with van der Waals surface area (Å²) >= 11 is 11.5. The molecule has 0 bridgehead atoms. The SMILES string of the molecule is CC(C)Oc1ccc([N+](=O)[O-])c(Cl)c1Cl. The number of nitro benzene ring substituents is 1. The molecule has 0 spiro atoms. The van der Waals surface area contributed by atoms with E-state index in [4.69, 9.17) is 27.9 Å². The molecule has 0 aliphatic rings. The molecule has 0 radical (unpaired) electrons. The molecule has 82 valence electrons. The Morgan fingerprint density at radius 3 is 2.40 bits per heavy atom. The molecule has 0 atom stereocenters. The normalized spacial score (nSPS) is 10.5. The second-order valence-corrected chi connectivity index (χ2v) is 3.89. The first kappa shape index (κ1) is 12.1. The molecule has 1 aromatic carbocycles. The molecule has 0 amide bonds. The van der Waals surface area contributed by atoms with E-state index in [-0.39, 0.29) is 21.8 Å². The maximum absolute atomic E-state index is 10.5. The fourth-order valence-corrected chi connectivity index (χ4v) is 1.44. The van der Waals surface area contributed by atoms with Gasteiger partial charge in [0, 0.05) is 6.07 Å². The molecular formula is C9H9Cl2NO3. The Kier molecular flexibility index (Phi) is 3.77. The van der Waals surface area contributed by atoms with Gasteiger partial charge in [0.1, 0.15) is 15.8 Å². The third kappa shape index (κ3) is 2.73. The zero-order chi connectivity index (χ0) is 11.6. The largest absolute Gasteiger partial charge is 0.489 e. The minimum atomic E-state index is -0.590. The highest BCUT2D eigenvalue weighted by Gasteiger charge is 2.19. The van der Waals surface area contributed by atoms with Crippen LogP contribution < -0.4 is 4.74 Å². The van der Waals surface area contributed by atoms with Crippen molar-refractivity contribution in [3.05, 3.63) is 32.3 Å². The monoisotopic (exact) mass is 249 g/mol. The fourth-order valence-electron chi connectivity index (χ4n) is 1.01. The van der Waals surface area contributed by atoms with Crippen LogP contribution in [0.5, 0.6) is 5.75 Å². The summed E-state index contributed by atoms with van der Waals surface area (Å²) in [7, 11) is 0. The second kappa shape index (κ2) is 4.68. The van der Waals surface area contributed by atoms with Gasteiger partial charge in [-0.15, -0.1) is 0 Å². The van der Waals surface area contributed by atoms with Gasteiger partial charge >= 0.3 is 0 Å². The highest BCUT2D eigenvalue weighted by Crippen LogP contribution is 2.38. The lowest BCUT2D eigenvalue weighted by Crippen LogP contribution is -2.06. The van der Waals surface area contributed by atoms with Crippen LogP contribution in [-0.4, -0.2) is 11.0 Å². The molecule has 6 heteroatoms. The summed E-state index contributed by atoms with van der Waals surface area (Å²) in [5.74, 6) is 0.349. The summed E-state index contributed by atoms with van der Waals surface area (Å²) in [6.07, 6.45) is -0.0694. The van der Waals surface area contributed by atoms with Crippen LogP contribution >= 0.6 is 23.2 Å². The maximum Gasteiger partial charge on any atom is 0.289 e. The van der Waals surface area contributed by atoms with E-state index in [2.05, 4.69) is 0 Å². The van der Waals surface area contributed by atoms with Crippen molar-refractivity contribution in [2.45, 2.75) is 20.0 Å². The predicted octanol–water partition coefficient (Wildman–Crippen LogP) is 3.69. The van der Waals surface area contributed by atoms with Gasteiger partial charge in [0.05, 0.1) is 11.0 Å². The molecular weight excluding hydrogens is 241 g/mol. The van der Waals surface area contributed by atoms with Crippen LogP contribution in [-0.2, 0) is 0 Å². The summed E-state index contributed by atoms with van der Waals surface area (Å²) in [6, 6.07) is 2.71. The van der Waals surface area contributed by atoms with Crippen LogP contribution in [0.3, 0.4) is 0 Å². The number of halogens is 2. The number of nitro groups is 1. The minimum absolute atomic E-state index is 0.0690. The van der Waals surface area contributed by atoms with Crippen LogP contribution in [0.25, 0.3) is 0 Å². The van der Waals surface area contributed by atoms with Gasteiger partial charge < -0.3 is 4.74 Å². The Morgan fingerprint density at radius 2 is 1.93 bits per heavy atom. The number of hydrogen-bond acceptors (Lipinski definition) is 3. The Labute approximate surface area is 96.9 Å². The Balaban J connectivity index is 3.15. The molecule has 4 nitrogen and oxygen atoms in total. The first-order valence-electron chi connectivity index (χ1n) is 4.22. The molecule has 1 rings (SSSR count). The van der Waals surface area contributed by atoms with Crippen LogP contribution in [0.4, 0.5) is 5.69 Å². The van der Waals surface area contributed by atoms with Gasteiger partial charge in [-0.05, 0) is 19.9 Å². The van der Waals surface area contributed by atoms with Crippen molar-refractivity contribution in [3.63, 3.8) is 0 Å². The van der Waals surface area contributed by atoms with E-state index in [0.29, 0.717) is 5.75 Å². The molecule has 0 heterocycles. The van der Waals surface area contributed by atoms with Crippen LogP contribution in [0.1, 0.15) is 13.8 Å². The topological polar surface area (TPSA) is 52.4 Å². The first-order chi connectivity index (χ1) is 6.93. The van der Waals surface area contributed by atoms with Gasteiger partial charge in [0.2, 0.25) is 0 Å². The van der Waals surface area contributed by atoms with E-state index >= 15 is 0 Å². The zero-order valence-electron chi connectivity index (χ0n) is 8.16. The molecule has 0 saturated carbocycles. The second-order valence-electron chi connectivity index (χ2n) is 3.13. The Hall–Kier alpha value is -1.00. The van der Waals surface area contributed by atoms with E-state index in [0.717, 1.165) is 0 Å². The van der Waals surface area contributed by atoms with Crippen molar-refractivity contribution in [1.82, 2.24) is 0 Å². The van der Waals surface area contributed by atoms with E-state index in [1.807, 2.05) is 13.8 Å². The minimum Gasteiger partial charge on any atom is -0.489 e. The molecule has 0 N–H and O–H groups in total. The van der Waals surface area contributed by atoms with Crippen molar-refractivity contribution < 1.29 is 9.66 Å². The van der Waals surface area contributed by atoms with E-state index in [1.165, 1.54) is 12.1 Å². The van der Waals surface area contributed by atoms with Crippen molar-refractivity contribution >= 4 is 28.9 Å². The third-order valence-corrected chi connectivity index (χ3v) is 2.44. The first-order valence-corrected chi connectivity index (χ1v) is 4.98. The van der Waals surface area contributed by atoms with Crippen molar-refractivity contribution in [3.8, 4) is 5.75 Å². The lowest BCUT2D eigenvalue weighted by atomic mass is 10.3. The van der Waals surface area contributed by atoms with E-state index in [9.17, 15) is 10.1 Å². The molecule has 15 heavy (non-hydrogen) atoms. The smallest absolute Gasteiger partial charge is 0.289 e. The van der Waals surface area contributed by atoms with Crippen LogP contribution in [0.15, 0.2) is 12.1 Å². The molecule has 0 aliphatic carbocycles. The van der Waals surface area contributed by atoms with Gasteiger partial charge in [-0.3, -0.25) is 10.1 Å². The average Bonchev–Trinajstić information content (AvgIpc) is 2.12. The highest BCUT2D eigenvalue weighted by atomic mass is 35.5. The maximum atomic E-state index is 10.5. The number of rotatable bonds is 3. The summed E-state index contributed by atoms with van der Waals surface area (Å²) in [5, 5.41) is 10.5. The lowest BCUT2D eigenvalue weighted by Gasteiger charge is -2.11. The Morgan fingerprint density at radius 1 is 1.33 bits per heavy atom. The fraction of sp³-hybridized carbons (Fsp3) is 0.333. The standard InChI is InChI=1S/C9H9Cl2NO3/c1-5(2)15-7-4-3-6(12(13)14)8(10)9(7)11/h3-5H,1-2H3. The van der Waals surface area contributed by atoms with E-state index < -0.39 is 4.92 Å². The summed E-state index contributed by atoms with van der Waals surface area (Å²) in [5.41, 5.74) is -0.224. The van der Waals surface area contributed by atoms with Gasteiger partial charge in [0.25, 0.3) is 5.69 Å². The van der Waals surface area contributed by atoms with Crippen LogP contribution in [0, 0.1) is 10.1 Å². The van der Waals surface area contributed by atoms with E-state index in [1.54, 1.807) is 0 Å². The predicted molar refractivity (Wildman–Crippen MR) is 58.9 cm³/mol. The van der Waals surface area contributed by atoms with Crippen molar-refractivity contribution in [1.29, 1.82) is 0 Å². The summed E-state index contributed by atoms with van der Waals surface area (Å²) in [6.45, 7) is 3.65. The molecule has 1 aromatic rings. The quantitative estimate of drug-likeness (QED) is 0.607. The molecule has 0 saturated heterocycles. The summed E-state index contributed by atoms with van der Waals surface area (Å²) in [4.78, 5) is 9.94. The summed E-state index contributed by atoms with van der Waals surface area (Å²) < 4.78 is 5.32. The van der Waals surface area contributed by atoms with Crippen LogP contribution in [0.2, 0.25) is 10.0 Å². The van der Waals surface area contributed by atoms with Gasteiger partial charge in [-0.25, -0.2) is 0 Å². The number of benzene rings is 1. The zero-order valence-corrected chi connectivity index (χ0v) is 9.67. The molecule has 0 unspecified atom stereocenters.